The van der Waals surface area contributed by atoms with E-state index in [1.54, 1.807) is 10.6 Å². The van der Waals surface area contributed by atoms with E-state index >= 15 is 0 Å². The fourth-order valence-electron chi connectivity index (χ4n) is 2.38. The van der Waals surface area contributed by atoms with Crippen molar-refractivity contribution in [2.75, 3.05) is 6.54 Å². The van der Waals surface area contributed by atoms with Gasteiger partial charge in [0.05, 0.1) is 5.69 Å². The van der Waals surface area contributed by atoms with Gasteiger partial charge in [-0.2, -0.15) is 5.10 Å². The molecule has 0 aliphatic rings. The number of nitrogens with one attached hydrogen (secondary N) is 1. The van der Waals surface area contributed by atoms with E-state index in [4.69, 9.17) is 0 Å². The van der Waals surface area contributed by atoms with Crippen LogP contribution in [0.3, 0.4) is 0 Å². The largest absolute Gasteiger partial charge is 0.350 e. The Morgan fingerprint density at radius 1 is 1.22 bits per heavy atom. The number of hydrogen-bond acceptors (Lipinski definition) is 3. The number of fused-ring (bicyclic) bond motifs is 1. The SMILES string of the molecule is Cc1cc(C(=O)NCC(C)C)nc2cc(-c3ccccc3)nn12. The molecule has 0 radical (unpaired) electrons. The van der Waals surface area contributed by atoms with Crippen LogP contribution in [0, 0.1) is 12.8 Å². The summed E-state index contributed by atoms with van der Waals surface area (Å²) in [5.41, 5.74) is 3.87. The van der Waals surface area contributed by atoms with E-state index in [2.05, 4.69) is 29.2 Å². The first-order valence-corrected chi connectivity index (χ1v) is 7.75. The first kappa shape index (κ1) is 15.2. The van der Waals surface area contributed by atoms with Crippen LogP contribution >= 0.6 is 0 Å². The lowest BCUT2D eigenvalue weighted by molar-refractivity contribution is 0.0944. The van der Waals surface area contributed by atoms with Crippen LogP contribution in [-0.4, -0.2) is 27.0 Å². The Hall–Kier alpha value is -2.69. The Morgan fingerprint density at radius 3 is 2.65 bits per heavy atom. The van der Waals surface area contributed by atoms with Crippen LogP contribution in [0.15, 0.2) is 42.5 Å². The number of rotatable bonds is 4. The summed E-state index contributed by atoms with van der Waals surface area (Å²) in [6.45, 7) is 6.69. The summed E-state index contributed by atoms with van der Waals surface area (Å²) in [5, 5.41) is 7.48. The number of carbonyl (C=O) groups is 1. The fraction of sp³-hybridized carbons (Fsp3) is 0.278. The zero-order valence-corrected chi connectivity index (χ0v) is 13.6. The van der Waals surface area contributed by atoms with Crippen LogP contribution in [0.25, 0.3) is 16.9 Å². The predicted octanol–water partition coefficient (Wildman–Crippen LogP) is 3.09. The van der Waals surface area contributed by atoms with Gasteiger partial charge in [-0.05, 0) is 18.9 Å². The maximum absolute atomic E-state index is 12.2. The second-order valence-corrected chi connectivity index (χ2v) is 6.05. The lowest BCUT2D eigenvalue weighted by Crippen LogP contribution is -2.28. The van der Waals surface area contributed by atoms with Crippen molar-refractivity contribution in [3.63, 3.8) is 0 Å². The summed E-state index contributed by atoms with van der Waals surface area (Å²) >= 11 is 0. The molecular formula is C18H20N4O. The lowest BCUT2D eigenvalue weighted by Gasteiger charge is -2.08. The number of carbonyl (C=O) groups excluding carboxylic acids is 1. The Labute approximate surface area is 135 Å². The number of hydrogen-bond donors (Lipinski definition) is 1. The van der Waals surface area contributed by atoms with E-state index < -0.39 is 0 Å². The smallest absolute Gasteiger partial charge is 0.270 e. The van der Waals surface area contributed by atoms with Gasteiger partial charge in [0, 0.05) is 23.9 Å². The van der Waals surface area contributed by atoms with Gasteiger partial charge in [0.25, 0.3) is 5.91 Å². The molecule has 5 nitrogen and oxygen atoms in total. The molecule has 0 aliphatic carbocycles. The van der Waals surface area contributed by atoms with E-state index in [1.165, 1.54) is 0 Å². The van der Waals surface area contributed by atoms with Crippen LogP contribution in [-0.2, 0) is 0 Å². The van der Waals surface area contributed by atoms with Gasteiger partial charge in [-0.25, -0.2) is 9.50 Å². The minimum absolute atomic E-state index is 0.147. The summed E-state index contributed by atoms with van der Waals surface area (Å²) in [7, 11) is 0. The van der Waals surface area contributed by atoms with Gasteiger partial charge in [0.2, 0.25) is 0 Å². The normalized spacial score (nSPS) is 11.1. The molecule has 0 spiro atoms. The second-order valence-electron chi connectivity index (χ2n) is 6.05. The van der Waals surface area contributed by atoms with Gasteiger partial charge in [0.1, 0.15) is 5.69 Å². The van der Waals surface area contributed by atoms with Crippen LogP contribution in [0.5, 0.6) is 0 Å². The second kappa shape index (κ2) is 6.20. The molecule has 23 heavy (non-hydrogen) atoms. The van der Waals surface area contributed by atoms with Crippen LogP contribution in [0.4, 0.5) is 0 Å². The standard InChI is InChI=1S/C18H20N4O/c1-12(2)11-19-18(23)16-9-13(3)22-17(20-16)10-15(21-22)14-7-5-4-6-8-14/h4-10,12H,11H2,1-3H3,(H,19,23). The van der Waals surface area contributed by atoms with E-state index in [9.17, 15) is 4.79 Å². The minimum Gasteiger partial charge on any atom is -0.350 e. The molecule has 2 heterocycles. The van der Waals surface area contributed by atoms with Gasteiger partial charge in [-0.1, -0.05) is 44.2 Å². The molecule has 3 aromatic rings. The molecule has 2 aromatic heterocycles. The van der Waals surface area contributed by atoms with Gasteiger partial charge < -0.3 is 5.32 Å². The number of amides is 1. The monoisotopic (exact) mass is 308 g/mol. The molecular weight excluding hydrogens is 288 g/mol. The van der Waals surface area contributed by atoms with Gasteiger partial charge >= 0.3 is 0 Å². The molecule has 0 saturated heterocycles. The third-order valence-corrected chi connectivity index (χ3v) is 3.58. The molecule has 3 rings (SSSR count). The summed E-state index contributed by atoms with van der Waals surface area (Å²) in [4.78, 5) is 16.7. The Balaban J connectivity index is 1.97. The molecule has 1 N–H and O–H groups in total. The molecule has 5 heteroatoms. The molecule has 0 bridgehead atoms. The molecule has 118 valence electrons. The Kier molecular flexibility index (Phi) is 4.10. The van der Waals surface area contributed by atoms with Crippen molar-refractivity contribution in [1.29, 1.82) is 0 Å². The summed E-state index contributed by atoms with van der Waals surface area (Å²) < 4.78 is 1.77. The van der Waals surface area contributed by atoms with Crippen molar-refractivity contribution in [2.24, 2.45) is 5.92 Å². The molecule has 1 amide bonds. The zero-order chi connectivity index (χ0) is 16.4. The first-order valence-electron chi connectivity index (χ1n) is 7.75. The molecule has 0 unspecified atom stereocenters. The van der Waals surface area contributed by atoms with Crippen molar-refractivity contribution in [3.8, 4) is 11.3 Å². The summed E-state index contributed by atoms with van der Waals surface area (Å²) in [6, 6.07) is 13.6. The number of benzene rings is 1. The minimum atomic E-state index is -0.147. The quantitative estimate of drug-likeness (QED) is 0.805. The van der Waals surface area contributed by atoms with Crippen molar-refractivity contribution >= 4 is 11.6 Å². The zero-order valence-electron chi connectivity index (χ0n) is 13.6. The van der Waals surface area contributed by atoms with Gasteiger partial charge in [0.15, 0.2) is 5.65 Å². The van der Waals surface area contributed by atoms with E-state index in [1.807, 2.05) is 43.3 Å². The van der Waals surface area contributed by atoms with Crippen LogP contribution in [0.1, 0.15) is 30.0 Å². The first-order chi connectivity index (χ1) is 11.0. The Morgan fingerprint density at radius 2 is 1.96 bits per heavy atom. The molecule has 0 saturated carbocycles. The number of nitrogens with zero attached hydrogens (tertiary/aromatic N) is 3. The molecule has 0 atom stereocenters. The fourth-order valence-corrected chi connectivity index (χ4v) is 2.38. The van der Waals surface area contributed by atoms with E-state index in [-0.39, 0.29) is 5.91 Å². The van der Waals surface area contributed by atoms with Gasteiger partial charge in [-0.3, -0.25) is 4.79 Å². The van der Waals surface area contributed by atoms with E-state index in [0.29, 0.717) is 23.8 Å². The van der Waals surface area contributed by atoms with Crippen molar-refractivity contribution < 1.29 is 4.79 Å². The number of aryl methyl sites for hydroxylation is 1. The average molecular weight is 308 g/mol. The van der Waals surface area contributed by atoms with E-state index in [0.717, 1.165) is 17.0 Å². The summed E-state index contributed by atoms with van der Waals surface area (Å²) in [6.07, 6.45) is 0. The highest BCUT2D eigenvalue weighted by molar-refractivity contribution is 5.92. The molecule has 1 aromatic carbocycles. The van der Waals surface area contributed by atoms with Crippen molar-refractivity contribution in [2.45, 2.75) is 20.8 Å². The maximum Gasteiger partial charge on any atom is 0.270 e. The number of aromatic nitrogens is 3. The third kappa shape index (κ3) is 3.23. The average Bonchev–Trinajstić information content (AvgIpc) is 2.98. The lowest BCUT2D eigenvalue weighted by atomic mass is 10.2. The highest BCUT2D eigenvalue weighted by Gasteiger charge is 2.13. The third-order valence-electron chi connectivity index (χ3n) is 3.58. The van der Waals surface area contributed by atoms with Crippen molar-refractivity contribution in [1.82, 2.24) is 19.9 Å². The Bertz CT molecular complexity index is 837. The molecule has 0 aliphatic heterocycles. The summed E-state index contributed by atoms with van der Waals surface area (Å²) in [5.74, 6) is 0.259. The molecule has 0 fully saturated rings. The van der Waals surface area contributed by atoms with Crippen LogP contribution in [0.2, 0.25) is 0 Å². The highest BCUT2D eigenvalue weighted by atomic mass is 16.1. The van der Waals surface area contributed by atoms with Crippen molar-refractivity contribution in [3.05, 3.63) is 53.9 Å². The predicted molar refractivity (Wildman–Crippen MR) is 90.3 cm³/mol. The van der Waals surface area contributed by atoms with Crippen LogP contribution < -0.4 is 5.32 Å². The highest BCUT2D eigenvalue weighted by Crippen LogP contribution is 2.19. The topological polar surface area (TPSA) is 59.3 Å². The van der Waals surface area contributed by atoms with Gasteiger partial charge in [-0.15, -0.1) is 0 Å². The maximum atomic E-state index is 12.2.